The summed E-state index contributed by atoms with van der Waals surface area (Å²) in [7, 11) is 0. The lowest BCUT2D eigenvalue weighted by molar-refractivity contribution is -0.135. The van der Waals surface area contributed by atoms with Gasteiger partial charge in [0.2, 0.25) is 0 Å². The van der Waals surface area contributed by atoms with Crippen molar-refractivity contribution in [3.8, 4) is 0 Å². The lowest BCUT2D eigenvalue weighted by Crippen LogP contribution is -2.49. The third kappa shape index (κ3) is 4.31. The zero-order valence-corrected chi connectivity index (χ0v) is 11.2. The minimum Gasteiger partial charge on any atom is -0.375 e. The van der Waals surface area contributed by atoms with Crippen LogP contribution in [0.2, 0.25) is 0 Å². The summed E-state index contributed by atoms with van der Waals surface area (Å²) in [4.78, 5) is 0. The summed E-state index contributed by atoms with van der Waals surface area (Å²) in [6.07, 6.45) is -1.03. The van der Waals surface area contributed by atoms with E-state index in [2.05, 4.69) is 5.32 Å². The first kappa shape index (κ1) is 14.5. The number of rotatable bonds is 3. The van der Waals surface area contributed by atoms with E-state index in [0.717, 1.165) is 37.2 Å². The predicted octanol–water partition coefficient (Wildman–Crippen LogP) is 2.97. The van der Waals surface area contributed by atoms with E-state index in [9.17, 15) is 13.2 Å². The second-order valence-electron chi connectivity index (χ2n) is 5.15. The third-order valence-electron chi connectivity index (χ3n) is 3.74. The van der Waals surface area contributed by atoms with Crippen LogP contribution in [0.3, 0.4) is 0 Å². The third-order valence-corrected chi connectivity index (χ3v) is 4.72. The Morgan fingerprint density at radius 1 is 1.28 bits per heavy atom. The number of alkyl halides is 3. The number of hydrogen-bond acceptors (Lipinski definition) is 3. The fourth-order valence-electron chi connectivity index (χ4n) is 2.71. The molecule has 0 bridgehead atoms. The van der Waals surface area contributed by atoms with E-state index in [0.29, 0.717) is 6.61 Å². The highest BCUT2D eigenvalue weighted by molar-refractivity contribution is 7.99. The second kappa shape index (κ2) is 6.01. The van der Waals surface area contributed by atoms with Gasteiger partial charge in [-0.15, -0.1) is 0 Å². The molecule has 0 aromatic carbocycles. The van der Waals surface area contributed by atoms with E-state index >= 15 is 0 Å². The van der Waals surface area contributed by atoms with Crippen LogP contribution in [0.15, 0.2) is 0 Å². The molecule has 0 amide bonds. The SMILES string of the molecule is FC(F)(F)CCNC1CCOC2(CCSCC2)C1. The van der Waals surface area contributed by atoms with Gasteiger partial charge in [-0.1, -0.05) is 0 Å². The Kier molecular flexibility index (Phi) is 4.83. The quantitative estimate of drug-likeness (QED) is 0.860. The molecule has 0 saturated carbocycles. The summed E-state index contributed by atoms with van der Waals surface area (Å²) < 4.78 is 42.2. The van der Waals surface area contributed by atoms with Crippen LogP contribution in [0.25, 0.3) is 0 Å². The number of ether oxygens (including phenoxy) is 1. The highest BCUT2D eigenvalue weighted by Crippen LogP contribution is 2.37. The van der Waals surface area contributed by atoms with Crippen molar-refractivity contribution in [2.75, 3.05) is 24.7 Å². The maximum atomic E-state index is 12.1. The van der Waals surface area contributed by atoms with Crippen LogP contribution in [-0.2, 0) is 4.74 Å². The van der Waals surface area contributed by atoms with E-state index < -0.39 is 12.6 Å². The normalized spacial score (nSPS) is 28.5. The monoisotopic (exact) mass is 283 g/mol. The number of hydrogen-bond donors (Lipinski definition) is 1. The molecule has 0 radical (unpaired) electrons. The topological polar surface area (TPSA) is 21.3 Å². The fourth-order valence-corrected chi connectivity index (χ4v) is 3.95. The molecule has 1 N–H and O–H groups in total. The molecule has 2 aliphatic heterocycles. The van der Waals surface area contributed by atoms with E-state index in [-0.39, 0.29) is 18.2 Å². The van der Waals surface area contributed by atoms with E-state index in [4.69, 9.17) is 4.74 Å². The summed E-state index contributed by atoms with van der Waals surface area (Å²) >= 11 is 1.94. The second-order valence-corrected chi connectivity index (χ2v) is 6.38. The Hall–Kier alpha value is 0.0600. The largest absolute Gasteiger partial charge is 0.390 e. The number of nitrogens with one attached hydrogen (secondary N) is 1. The first-order valence-corrected chi connectivity index (χ1v) is 7.66. The molecule has 2 aliphatic rings. The average Bonchev–Trinajstić information content (AvgIpc) is 2.28. The first-order chi connectivity index (χ1) is 8.49. The average molecular weight is 283 g/mol. The van der Waals surface area contributed by atoms with Gasteiger partial charge in [0.05, 0.1) is 12.0 Å². The number of halogens is 3. The summed E-state index contributed by atoms with van der Waals surface area (Å²) in [6.45, 7) is 0.702. The lowest BCUT2D eigenvalue weighted by Gasteiger charge is -2.43. The Labute approximate surface area is 110 Å². The molecule has 2 rings (SSSR count). The molecular weight excluding hydrogens is 263 g/mol. The molecule has 18 heavy (non-hydrogen) atoms. The van der Waals surface area contributed by atoms with Crippen molar-refractivity contribution in [2.45, 2.75) is 49.9 Å². The van der Waals surface area contributed by atoms with Crippen molar-refractivity contribution in [1.29, 1.82) is 0 Å². The van der Waals surface area contributed by atoms with Gasteiger partial charge in [-0.3, -0.25) is 0 Å². The molecular formula is C12H20F3NOS. The van der Waals surface area contributed by atoms with Gasteiger partial charge in [0.1, 0.15) is 0 Å². The van der Waals surface area contributed by atoms with Crippen molar-refractivity contribution < 1.29 is 17.9 Å². The van der Waals surface area contributed by atoms with Gasteiger partial charge in [0, 0.05) is 19.2 Å². The van der Waals surface area contributed by atoms with Crippen molar-refractivity contribution in [1.82, 2.24) is 5.32 Å². The Morgan fingerprint density at radius 3 is 2.67 bits per heavy atom. The van der Waals surface area contributed by atoms with E-state index in [1.54, 1.807) is 0 Å². The van der Waals surface area contributed by atoms with Crippen LogP contribution in [0, 0.1) is 0 Å². The molecule has 2 saturated heterocycles. The Balaban J connectivity index is 1.76. The van der Waals surface area contributed by atoms with Crippen LogP contribution in [0.4, 0.5) is 13.2 Å². The zero-order valence-electron chi connectivity index (χ0n) is 10.4. The Bertz CT molecular complexity index is 261. The molecule has 1 unspecified atom stereocenters. The fraction of sp³-hybridized carbons (Fsp3) is 1.00. The highest BCUT2D eigenvalue weighted by Gasteiger charge is 2.38. The van der Waals surface area contributed by atoms with E-state index in [1.807, 2.05) is 11.8 Å². The molecule has 0 aromatic rings. The molecule has 2 nitrogen and oxygen atoms in total. The van der Waals surface area contributed by atoms with Gasteiger partial charge < -0.3 is 10.1 Å². The highest BCUT2D eigenvalue weighted by atomic mass is 32.2. The zero-order chi connectivity index (χ0) is 13.1. The van der Waals surface area contributed by atoms with Gasteiger partial charge in [-0.25, -0.2) is 0 Å². The molecule has 2 fully saturated rings. The van der Waals surface area contributed by atoms with Crippen molar-refractivity contribution in [3.05, 3.63) is 0 Å². The molecule has 106 valence electrons. The predicted molar refractivity (Wildman–Crippen MR) is 66.9 cm³/mol. The Morgan fingerprint density at radius 2 is 2.00 bits per heavy atom. The van der Waals surface area contributed by atoms with Crippen LogP contribution < -0.4 is 5.32 Å². The summed E-state index contributed by atoms with van der Waals surface area (Å²) in [6, 6.07) is 0.184. The minimum atomic E-state index is -4.06. The molecule has 0 aromatic heterocycles. The van der Waals surface area contributed by atoms with Crippen molar-refractivity contribution in [3.63, 3.8) is 0 Å². The molecule has 2 heterocycles. The standard InChI is InChI=1S/C12H20F3NOS/c13-12(14,15)2-5-16-10-1-6-17-11(9-10)3-7-18-8-4-11/h10,16H,1-9H2. The van der Waals surface area contributed by atoms with Gasteiger partial charge in [0.15, 0.2) is 0 Å². The minimum absolute atomic E-state index is 0.0268. The van der Waals surface area contributed by atoms with Crippen LogP contribution >= 0.6 is 11.8 Å². The maximum absolute atomic E-state index is 12.1. The van der Waals surface area contributed by atoms with Gasteiger partial charge in [-0.2, -0.15) is 24.9 Å². The molecule has 0 aliphatic carbocycles. The lowest BCUT2D eigenvalue weighted by atomic mass is 9.85. The number of thioether (sulfide) groups is 1. The smallest absolute Gasteiger partial charge is 0.375 e. The van der Waals surface area contributed by atoms with Crippen molar-refractivity contribution >= 4 is 11.8 Å². The van der Waals surface area contributed by atoms with Crippen LogP contribution in [0.1, 0.15) is 32.1 Å². The van der Waals surface area contributed by atoms with Crippen LogP contribution in [-0.4, -0.2) is 42.5 Å². The molecule has 1 spiro atoms. The van der Waals surface area contributed by atoms with Crippen LogP contribution in [0.5, 0.6) is 0 Å². The summed E-state index contributed by atoms with van der Waals surface area (Å²) in [5, 5.41) is 3.04. The van der Waals surface area contributed by atoms with Crippen molar-refractivity contribution in [2.24, 2.45) is 0 Å². The van der Waals surface area contributed by atoms with Gasteiger partial charge in [-0.05, 0) is 37.2 Å². The first-order valence-electron chi connectivity index (χ1n) is 6.51. The van der Waals surface area contributed by atoms with Gasteiger partial charge >= 0.3 is 6.18 Å². The van der Waals surface area contributed by atoms with Gasteiger partial charge in [0.25, 0.3) is 0 Å². The molecule has 1 atom stereocenters. The maximum Gasteiger partial charge on any atom is 0.390 e. The molecule has 6 heteroatoms. The summed E-state index contributed by atoms with van der Waals surface area (Å²) in [5.74, 6) is 2.21. The van der Waals surface area contributed by atoms with E-state index in [1.165, 1.54) is 0 Å². The summed E-state index contributed by atoms with van der Waals surface area (Å²) in [5.41, 5.74) is -0.0562.